The van der Waals surface area contributed by atoms with Crippen LogP contribution in [0.1, 0.15) is 37.0 Å². The molecule has 1 amide bonds. The SMILES string of the molecule is Cc1cc(C(C)NC(=O)C(C)Br)c(C)o1. The normalized spacial score (nSPS) is 14.7. The lowest BCUT2D eigenvalue weighted by atomic mass is 10.1. The van der Waals surface area contributed by atoms with Crippen LogP contribution in [0.5, 0.6) is 0 Å². The third-order valence-corrected chi connectivity index (χ3v) is 2.68. The van der Waals surface area contributed by atoms with E-state index in [0.29, 0.717) is 0 Å². The van der Waals surface area contributed by atoms with Gasteiger partial charge in [0, 0.05) is 5.56 Å². The Morgan fingerprint density at radius 1 is 1.47 bits per heavy atom. The van der Waals surface area contributed by atoms with Crippen molar-refractivity contribution in [2.75, 3.05) is 0 Å². The van der Waals surface area contributed by atoms with Crippen LogP contribution in [-0.2, 0) is 4.79 Å². The fourth-order valence-electron chi connectivity index (χ4n) is 1.49. The van der Waals surface area contributed by atoms with Crippen LogP contribution in [0.3, 0.4) is 0 Å². The number of aryl methyl sites for hydroxylation is 2. The Balaban J connectivity index is 2.73. The summed E-state index contributed by atoms with van der Waals surface area (Å²) in [5.41, 5.74) is 1.04. The Morgan fingerprint density at radius 3 is 2.47 bits per heavy atom. The fourth-order valence-corrected chi connectivity index (χ4v) is 1.62. The largest absolute Gasteiger partial charge is 0.466 e. The first-order valence-corrected chi connectivity index (χ1v) is 5.84. The highest BCUT2D eigenvalue weighted by Gasteiger charge is 2.16. The maximum absolute atomic E-state index is 11.5. The predicted molar refractivity (Wildman–Crippen MR) is 63.1 cm³/mol. The van der Waals surface area contributed by atoms with Gasteiger partial charge in [0.05, 0.1) is 10.9 Å². The van der Waals surface area contributed by atoms with E-state index in [2.05, 4.69) is 21.2 Å². The van der Waals surface area contributed by atoms with E-state index < -0.39 is 0 Å². The van der Waals surface area contributed by atoms with Crippen molar-refractivity contribution in [1.29, 1.82) is 0 Å². The second kappa shape index (κ2) is 4.84. The monoisotopic (exact) mass is 273 g/mol. The molecule has 3 nitrogen and oxygen atoms in total. The van der Waals surface area contributed by atoms with E-state index in [1.54, 1.807) is 6.92 Å². The number of rotatable bonds is 3. The van der Waals surface area contributed by atoms with Gasteiger partial charge in [-0.25, -0.2) is 0 Å². The summed E-state index contributed by atoms with van der Waals surface area (Å²) in [5.74, 6) is 1.72. The maximum Gasteiger partial charge on any atom is 0.233 e. The molecule has 0 aromatic carbocycles. The molecule has 4 heteroatoms. The Hall–Kier alpha value is -0.770. The van der Waals surface area contributed by atoms with Crippen molar-refractivity contribution in [3.8, 4) is 0 Å². The number of hydrogen-bond donors (Lipinski definition) is 1. The fraction of sp³-hybridized carbons (Fsp3) is 0.545. The number of amides is 1. The molecule has 0 aliphatic carbocycles. The van der Waals surface area contributed by atoms with Crippen LogP contribution in [0.25, 0.3) is 0 Å². The van der Waals surface area contributed by atoms with Crippen molar-refractivity contribution in [3.63, 3.8) is 0 Å². The molecule has 0 saturated heterocycles. The molecule has 1 aromatic heterocycles. The average Bonchev–Trinajstić information content (AvgIpc) is 2.44. The summed E-state index contributed by atoms with van der Waals surface area (Å²) in [5, 5.41) is 2.90. The number of carbonyl (C=O) groups excluding carboxylic acids is 1. The Kier molecular flexibility index (Phi) is 3.97. The standard InChI is InChI=1S/C11H16BrNO2/c1-6-5-10(9(4)15-6)8(3)13-11(14)7(2)12/h5,7-8H,1-4H3,(H,13,14). The van der Waals surface area contributed by atoms with E-state index in [9.17, 15) is 4.79 Å². The van der Waals surface area contributed by atoms with Crippen molar-refractivity contribution in [3.05, 3.63) is 23.2 Å². The summed E-state index contributed by atoms with van der Waals surface area (Å²) < 4.78 is 5.41. The van der Waals surface area contributed by atoms with Crippen molar-refractivity contribution >= 4 is 21.8 Å². The average molecular weight is 274 g/mol. The van der Waals surface area contributed by atoms with E-state index in [0.717, 1.165) is 17.1 Å². The van der Waals surface area contributed by atoms with E-state index in [1.807, 2.05) is 26.8 Å². The Labute approximate surface area is 98.4 Å². The molecular weight excluding hydrogens is 258 g/mol. The first-order chi connectivity index (χ1) is 6.91. The molecule has 2 unspecified atom stereocenters. The molecule has 84 valence electrons. The first kappa shape index (κ1) is 12.3. The lowest BCUT2D eigenvalue weighted by Gasteiger charge is -2.14. The van der Waals surface area contributed by atoms with Gasteiger partial charge in [0.1, 0.15) is 11.5 Å². The minimum absolute atomic E-state index is 0.0132. The number of hydrogen-bond acceptors (Lipinski definition) is 2. The van der Waals surface area contributed by atoms with Gasteiger partial charge in [0.25, 0.3) is 0 Å². The van der Waals surface area contributed by atoms with Gasteiger partial charge in [0.2, 0.25) is 5.91 Å². The van der Waals surface area contributed by atoms with E-state index in [-0.39, 0.29) is 16.8 Å². The summed E-state index contributed by atoms with van der Waals surface area (Å²) in [6.45, 7) is 7.56. The molecule has 0 aliphatic rings. The highest BCUT2D eigenvalue weighted by Crippen LogP contribution is 2.21. The number of furan rings is 1. The van der Waals surface area contributed by atoms with E-state index in [4.69, 9.17) is 4.42 Å². The predicted octanol–water partition coefficient (Wildman–Crippen LogP) is 2.86. The third kappa shape index (κ3) is 3.09. The van der Waals surface area contributed by atoms with Gasteiger partial charge in [-0.05, 0) is 33.8 Å². The van der Waals surface area contributed by atoms with Gasteiger partial charge in [-0.1, -0.05) is 15.9 Å². The van der Waals surface area contributed by atoms with Gasteiger partial charge < -0.3 is 9.73 Å². The van der Waals surface area contributed by atoms with Crippen LogP contribution in [0.15, 0.2) is 10.5 Å². The molecule has 0 radical (unpaired) electrons. The molecule has 0 fully saturated rings. The van der Waals surface area contributed by atoms with Crippen LogP contribution < -0.4 is 5.32 Å². The molecule has 1 rings (SSSR count). The molecule has 1 N–H and O–H groups in total. The lowest BCUT2D eigenvalue weighted by molar-refractivity contribution is -0.120. The van der Waals surface area contributed by atoms with Crippen molar-refractivity contribution in [2.24, 2.45) is 0 Å². The third-order valence-electron chi connectivity index (χ3n) is 2.27. The number of nitrogens with one attached hydrogen (secondary N) is 1. The van der Waals surface area contributed by atoms with Gasteiger partial charge in [-0.3, -0.25) is 4.79 Å². The second-order valence-electron chi connectivity index (χ2n) is 3.71. The summed E-state index contributed by atoms with van der Waals surface area (Å²) in [6, 6.07) is 1.94. The topological polar surface area (TPSA) is 42.2 Å². The molecular formula is C11H16BrNO2. The number of halogens is 1. The molecule has 0 bridgehead atoms. The molecule has 0 aliphatic heterocycles. The zero-order chi connectivity index (χ0) is 11.6. The summed E-state index contributed by atoms with van der Waals surface area (Å²) in [4.78, 5) is 11.3. The summed E-state index contributed by atoms with van der Waals surface area (Å²) >= 11 is 3.23. The van der Waals surface area contributed by atoms with Crippen molar-refractivity contribution in [2.45, 2.75) is 38.6 Å². The minimum Gasteiger partial charge on any atom is -0.466 e. The molecule has 2 atom stereocenters. The van der Waals surface area contributed by atoms with Crippen LogP contribution in [0.2, 0.25) is 0 Å². The van der Waals surface area contributed by atoms with E-state index >= 15 is 0 Å². The zero-order valence-electron chi connectivity index (χ0n) is 9.43. The Bertz CT molecular complexity index is 357. The Morgan fingerprint density at radius 2 is 2.07 bits per heavy atom. The summed E-state index contributed by atoms with van der Waals surface area (Å²) in [7, 11) is 0. The van der Waals surface area contributed by atoms with Crippen LogP contribution in [0.4, 0.5) is 0 Å². The zero-order valence-corrected chi connectivity index (χ0v) is 11.0. The van der Waals surface area contributed by atoms with Crippen molar-refractivity contribution in [1.82, 2.24) is 5.32 Å². The lowest BCUT2D eigenvalue weighted by Crippen LogP contribution is -2.31. The van der Waals surface area contributed by atoms with Gasteiger partial charge >= 0.3 is 0 Å². The highest BCUT2D eigenvalue weighted by molar-refractivity contribution is 9.10. The molecule has 0 saturated carbocycles. The highest BCUT2D eigenvalue weighted by atomic mass is 79.9. The molecule has 15 heavy (non-hydrogen) atoms. The molecule has 1 aromatic rings. The van der Waals surface area contributed by atoms with Crippen LogP contribution in [0, 0.1) is 13.8 Å². The minimum atomic E-state index is -0.173. The summed E-state index contributed by atoms with van der Waals surface area (Å²) in [6.07, 6.45) is 0. The smallest absolute Gasteiger partial charge is 0.233 e. The first-order valence-electron chi connectivity index (χ1n) is 4.93. The van der Waals surface area contributed by atoms with Crippen LogP contribution in [-0.4, -0.2) is 10.7 Å². The number of carbonyl (C=O) groups is 1. The molecule has 0 spiro atoms. The maximum atomic E-state index is 11.5. The quantitative estimate of drug-likeness (QED) is 0.861. The number of alkyl halides is 1. The van der Waals surface area contributed by atoms with E-state index in [1.165, 1.54) is 0 Å². The van der Waals surface area contributed by atoms with Gasteiger partial charge in [-0.2, -0.15) is 0 Å². The van der Waals surface area contributed by atoms with Crippen LogP contribution >= 0.6 is 15.9 Å². The molecule has 1 heterocycles. The van der Waals surface area contributed by atoms with Gasteiger partial charge in [-0.15, -0.1) is 0 Å². The second-order valence-corrected chi connectivity index (χ2v) is 5.09. The van der Waals surface area contributed by atoms with Gasteiger partial charge in [0.15, 0.2) is 0 Å². The van der Waals surface area contributed by atoms with Crippen molar-refractivity contribution < 1.29 is 9.21 Å².